The van der Waals surface area contributed by atoms with Gasteiger partial charge in [0.05, 0.1) is 5.69 Å². The number of carbonyl (C=O) groups is 2. The van der Waals surface area contributed by atoms with E-state index in [0.29, 0.717) is 42.5 Å². The summed E-state index contributed by atoms with van der Waals surface area (Å²) in [5.41, 5.74) is 10.2. The van der Waals surface area contributed by atoms with Gasteiger partial charge in [-0.05, 0) is 87.4 Å². The van der Waals surface area contributed by atoms with Crippen LogP contribution in [0.25, 0.3) is 24.3 Å². The molecule has 4 rings (SSSR count). The Morgan fingerprint density at radius 1 is 0.698 bits per heavy atom. The minimum Gasteiger partial charge on any atom is -0.494 e. The van der Waals surface area contributed by atoms with Gasteiger partial charge >= 0.3 is 5.97 Å². The first-order valence-corrected chi connectivity index (χ1v) is 14.2. The molecule has 0 spiro atoms. The average molecular weight is 585 g/mol. The molecule has 9 nitrogen and oxygen atoms in total. The normalized spacial score (nSPS) is 12.3. The Morgan fingerprint density at radius 2 is 1.33 bits per heavy atom. The van der Waals surface area contributed by atoms with E-state index in [9.17, 15) is 24.9 Å². The third-order valence-corrected chi connectivity index (χ3v) is 8.31. The Labute approximate surface area is 250 Å². The van der Waals surface area contributed by atoms with Crippen molar-refractivity contribution in [3.63, 3.8) is 0 Å². The molecule has 4 aromatic rings. The van der Waals surface area contributed by atoms with Crippen LogP contribution < -0.4 is 10.7 Å². The lowest BCUT2D eigenvalue weighted by Gasteiger charge is -2.03. The molecule has 9 heteroatoms. The number of hydrogen-bond acceptors (Lipinski definition) is 4. The van der Waals surface area contributed by atoms with Gasteiger partial charge in [-0.15, -0.1) is 0 Å². The van der Waals surface area contributed by atoms with Crippen molar-refractivity contribution < 1.29 is 24.9 Å². The van der Waals surface area contributed by atoms with Crippen molar-refractivity contribution in [3.8, 4) is 11.8 Å². The second kappa shape index (κ2) is 12.5. The number of rotatable bonds is 12. The fraction of sp³-hybridized carbons (Fsp3) is 0.294. The van der Waals surface area contributed by atoms with Crippen molar-refractivity contribution in [2.45, 2.75) is 66.7 Å². The first kappa shape index (κ1) is 31.0. The number of Topliss-reactive ketones (excluding diaryl/α,β-unsaturated/α-hetero) is 1. The molecule has 43 heavy (non-hydrogen) atoms. The largest absolute Gasteiger partial charge is 0.494 e. The molecular weight excluding hydrogens is 544 g/mol. The molecule has 4 heterocycles. The molecule has 0 amide bonds. The molecule has 0 saturated heterocycles. The lowest BCUT2D eigenvalue weighted by Crippen LogP contribution is -2.13. The zero-order valence-electron chi connectivity index (χ0n) is 25.4. The number of aromatic hydroxyl groups is 2. The van der Waals surface area contributed by atoms with E-state index in [-0.39, 0.29) is 24.0 Å². The van der Waals surface area contributed by atoms with Crippen molar-refractivity contribution in [2.24, 2.45) is 0 Å². The highest BCUT2D eigenvalue weighted by Crippen LogP contribution is 2.29. The fourth-order valence-corrected chi connectivity index (χ4v) is 5.67. The molecule has 0 aliphatic carbocycles. The smallest absolute Gasteiger partial charge is 0.303 e. The molecule has 0 atom stereocenters. The predicted molar refractivity (Wildman–Crippen MR) is 170 cm³/mol. The summed E-state index contributed by atoms with van der Waals surface area (Å²) in [4.78, 5) is 36.6. The molecule has 0 saturated carbocycles. The number of nitrogens with one attached hydrogen (secondary N) is 4. The maximum absolute atomic E-state index is 12.0. The summed E-state index contributed by atoms with van der Waals surface area (Å²) in [5, 5.41) is 31.6. The van der Waals surface area contributed by atoms with Gasteiger partial charge in [-0.25, -0.2) is 0 Å². The molecular formula is C34H40N4O5. The summed E-state index contributed by atoms with van der Waals surface area (Å²) < 4.78 is 0. The van der Waals surface area contributed by atoms with E-state index in [4.69, 9.17) is 0 Å². The number of hydrogen-bond donors (Lipinski definition) is 7. The van der Waals surface area contributed by atoms with Crippen LogP contribution in [0.4, 0.5) is 0 Å². The number of aliphatic carboxylic acids is 1. The van der Waals surface area contributed by atoms with E-state index in [1.807, 2.05) is 32.9 Å². The number of carboxylic acids is 1. The van der Waals surface area contributed by atoms with Crippen LogP contribution >= 0.6 is 0 Å². The fourth-order valence-electron chi connectivity index (χ4n) is 5.67. The highest BCUT2D eigenvalue weighted by molar-refractivity contribution is 5.76. The van der Waals surface area contributed by atoms with E-state index in [0.717, 1.165) is 61.2 Å². The molecule has 0 unspecified atom stereocenters. The highest BCUT2D eigenvalue weighted by atomic mass is 16.4. The summed E-state index contributed by atoms with van der Waals surface area (Å²) in [6.07, 6.45) is 8.90. The topological polar surface area (TPSA) is 158 Å². The van der Waals surface area contributed by atoms with Crippen LogP contribution in [0.2, 0.25) is 0 Å². The van der Waals surface area contributed by atoms with Crippen molar-refractivity contribution in [3.05, 3.63) is 91.1 Å². The SMILES string of the molecule is C=Cc1c(O)[nH]c(Cc2[nH]c(C=c3[nH]c(=Cc4[nH]c(O)c(C)c4C=C)c(C)c3CCC(=O)O)c(CCC(C)=O)c2C)c1C. The zero-order chi connectivity index (χ0) is 31.6. The maximum atomic E-state index is 12.0. The number of aromatic nitrogens is 4. The van der Waals surface area contributed by atoms with Crippen LogP contribution in [0.1, 0.15) is 87.0 Å². The van der Waals surface area contributed by atoms with E-state index < -0.39 is 5.97 Å². The summed E-state index contributed by atoms with van der Waals surface area (Å²) in [7, 11) is 0. The van der Waals surface area contributed by atoms with Gasteiger partial charge in [-0.1, -0.05) is 25.3 Å². The van der Waals surface area contributed by atoms with Crippen molar-refractivity contribution in [1.29, 1.82) is 0 Å². The van der Waals surface area contributed by atoms with Crippen molar-refractivity contribution >= 4 is 36.1 Å². The first-order chi connectivity index (χ1) is 20.4. The van der Waals surface area contributed by atoms with Crippen LogP contribution in [-0.2, 0) is 28.9 Å². The van der Waals surface area contributed by atoms with Crippen molar-refractivity contribution in [2.75, 3.05) is 0 Å². The number of ketones is 1. The first-order valence-electron chi connectivity index (χ1n) is 14.2. The van der Waals surface area contributed by atoms with Gasteiger partial charge < -0.3 is 40.1 Å². The van der Waals surface area contributed by atoms with Crippen LogP contribution in [0.3, 0.4) is 0 Å². The summed E-state index contributed by atoms with van der Waals surface area (Å²) in [6.45, 7) is 16.9. The third kappa shape index (κ3) is 6.30. The molecule has 226 valence electrons. The zero-order valence-corrected chi connectivity index (χ0v) is 25.4. The van der Waals surface area contributed by atoms with E-state index in [2.05, 4.69) is 33.1 Å². The summed E-state index contributed by atoms with van der Waals surface area (Å²) >= 11 is 0. The molecule has 0 bridgehead atoms. The highest BCUT2D eigenvalue weighted by Gasteiger charge is 2.19. The van der Waals surface area contributed by atoms with Gasteiger partial charge in [0, 0.05) is 63.7 Å². The average Bonchev–Trinajstić information content (AvgIpc) is 3.59. The number of carbonyl (C=O) groups excluding carboxylic acids is 1. The van der Waals surface area contributed by atoms with E-state index in [1.165, 1.54) is 0 Å². The second-order valence-electron chi connectivity index (χ2n) is 11.1. The summed E-state index contributed by atoms with van der Waals surface area (Å²) in [5.74, 6) is -0.654. The van der Waals surface area contributed by atoms with Crippen LogP contribution in [0, 0.1) is 27.7 Å². The minimum absolute atomic E-state index is 0.0350. The van der Waals surface area contributed by atoms with Gasteiger partial charge in [0.25, 0.3) is 0 Å². The van der Waals surface area contributed by atoms with Gasteiger partial charge in [0.1, 0.15) is 5.78 Å². The van der Waals surface area contributed by atoms with Gasteiger partial charge in [0.2, 0.25) is 0 Å². The minimum atomic E-state index is -0.889. The second-order valence-corrected chi connectivity index (χ2v) is 11.1. The predicted octanol–water partition coefficient (Wildman–Crippen LogP) is 4.72. The van der Waals surface area contributed by atoms with Crippen LogP contribution in [0.5, 0.6) is 11.8 Å². The number of carboxylic acid groups (broad SMARTS) is 1. The van der Waals surface area contributed by atoms with Gasteiger partial charge in [0.15, 0.2) is 11.8 Å². The molecule has 7 N–H and O–H groups in total. The van der Waals surface area contributed by atoms with E-state index >= 15 is 0 Å². The van der Waals surface area contributed by atoms with Gasteiger partial charge in [-0.2, -0.15) is 0 Å². The molecule has 4 aromatic heterocycles. The van der Waals surface area contributed by atoms with Crippen LogP contribution in [0.15, 0.2) is 13.2 Å². The maximum Gasteiger partial charge on any atom is 0.303 e. The summed E-state index contributed by atoms with van der Waals surface area (Å²) in [6, 6.07) is 0. The van der Waals surface area contributed by atoms with Gasteiger partial charge in [-0.3, -0.25) is 4.79 Å². The lowest BCUT2D eigenvalue weighted by atomic mass is 10.0. The molecule has 0 aromatic carbocycles. The Bertz CT molecular complexity index is 1860. The van der Waals surface area contributed by atoms with Crippen LogP contribution in [-0.4, -0.2) is 47.0 Å². The molecule has 0 radical (unpaired) electrons. The molecule has 0 aliphatic heterocycles. The molecule has 0 aliphatic rings. The quantitative estimate of drug-likeness (QED) is 0.128. The standard InChI is InChI=1S/C34H40N4O5/c1-8-22-21(7)33(42)38-29(22)15-27-20(6)25(12-13-32(40)41)31(36-27)16-30-24(11-10-17(3)39)19(5)26(35-30)14-28-18(4)23(9-2)34(43)37-28/h8-9,15-16,35-38,42-43H,1-2,10-14H2,3-7H3,(H,40,41). The van der Waals surface area contributed by atoms with E-state index in [1.54, 1.807) is 26.0 Å². The lowest BCUT2D eigenvalue weighted by molar-refractivity contribution is -0.137. The third-order valence-electron chi connectivity index (χ3n) is 8.31. The molecule has 0 fully saturated rings. The Hall–Kier alpha value is -4.92. The Morgan fingerprint density at radius 3 is 1.93 bits per heavy atom. The Kier molecular flexibility index (Phi) is 9.04. The van der Waals surface area contributed by atoms with Crippen molar-refractivity contribution in [1.82, 2.24) is 19.9 Å². The Balaban J connectivity index is 1.91. The monoisotopic (exact) mass is 584 g/mol. The number of H-pyrrole nitrogens is 4. The number of aromatic amines is 4.